The van der Waals surface area contributed by atoms with Gasteiger partial charge in [-0.05, 0) is 20.8 Å². The molecule has 0 aliphatic rings. The van der Waals surface area contributed by atoms with Gasteiger partial charge in [0.25, 0.3) is 0 Å². The summed E-state index contributed by atoms with van der Waals surface area (Å²) in [6.07, 6.45) is 1.61. The van der Waals surface area contributed by atoms with Crippen LogP contribution in [-0.4, -0.2) is 61.3 Å². The molecule has 0 aromatic rings. The first-order valence-corrected chi connectivity index (χ1v) is 6.84. The molecule has 0 aliphatic heterocycles. The van der Waals surface area contributed by atoms with Crippen LogP contribution >= 0.6 is 0 Å². The molecule has 0 fully saturated rings. The van der Waals surface area contributed by atoms with Gasteiger partial charge in [-0.15, -0.1) is 0 Å². The third-order valence-corrected chi connectivity index (χ3v) is 1.62. The van der Waals surface area contributed by atoms with Crippen molar-refractivity contribution in [2.45, 2.75) is 26.9 Å². The van der Waals surface area contributed by atoms with Gasteiger partial charge in [-0.2, -0.15) is 0 Å². The lowest BCUT2D eigenvalue weighted by atomic mass is 10.4. The lowest BCUT2D eigenvalue weighted by Gasteiger charge is -2.10. The van der Waals surface area contributed by atoms with E-state index in [2.05, 4.69) is 17.9 Å². The molecule has 22 heavy (non-hydrogen) atoms. The van der Waals surface area contributed by atoms with Crippen molar-refractivity contribution in [2.24, 2.45) is 0 Å². The number of aliphatic hydroxyl groups excluding tert-OH is 2. The third kappa shape index (κ3) is 26.8. The van der Waals surface area contributed by atoms with Gasteiger partial charge in [-0.25, -0.2) is 9.59 Å². The summed E-state index contributed by atoms with van der Waals surface area (Å²) >= 11 is 0. The number of hydrogen-bond donors (Lipinski definition) is 2. The monoisotopic (exact) mass is 320 g/mol. The number of carbonyl (C=O) groups excluding carboxylic acids is 2. The van der Waals surface area contributed by atoms with E-state index in [1.54, 1.807) is 6.92 Å². The van der Waals surface area contributed by atoms with Crippen LogP contribution in [0.3, 0.4) is 0 Å². The zero-order valence-corrected chi connectivity index (χ0v) is 13.6. The molecule has 0 bridgehead atoms. The lowest BCUT2D eigenvalue weighted by Crippen LogP contribution is -2.20. The van der Waals surface area contributed by atoms with Crippen LogP contribution in [0.2, 0.25) is 0 Å². The Morgan fingerprint density at radius 2 is 1.50 bits per heavy atom. The highest BCUT2D eigenvalue weighted by Gasteiger charge is 2.07. The topological polar surface area (TPSA) is 102 Å². The first kappa shape index (κ1) is 25.3. The molecule has 0 saturated carbocycles. The van der Waals surface area contributed by atoms with Crippen LogP contribution < -0.4 is 0 Å². The lowest BCUT2D eigenvalue weighted by molar-refractivity contribution is -0.151. The Morgan fingerprint density at radius 3 is 1.77 bits per heavy atom. The number of esters is 2. The third-order valence-electron chi connectivity index (χ3n) is 1.62. The Bertz CT molecular complexity index is 286. The maximum absolute atomic E-state index is 10.6. The Kier molecular flexibility index (Phi) is 24.8. The zero-order chi connectivity index (χ0) is 17.8. The summed E-state index contributed by atoms with van der Waals surface area (Å²) < 4.78 is 14.2. The molecule has 0 aromatic heterocycles. The first-order chi connectivity index (χ1) is 10.4. The van der Waals surface area contributed by atoms with Gasteiger partial charge < -0.3 is 24.4 Å². The number of hydrogen-bond acceptors (Lipinski definition) is 7. The predicted octanol–water partition coefficient (Wildman–Crippen LogP) is 0.847. The van der Waals surface area contributed by atoms with Gasteiger partial charge in [0.05, 0.1) is 13.2 Å². The predicted molar refractivity (Wildman–Crippen MR) is 83.2 cm³/mol. The highest BCUT2D eigenvalue weighted by atomic mass is 16.6. The van der Waals surface area contributed by atoms with E-state index in [1.165, 1.54) is 0 Å². The molecule has 2 N–H and O–H groups in total. The van der Waals surface area contributed by atoms with Gasteiger partial charge in [0.15, 0.2) is 0 Å². The molecule has 1 unspecified atom stereocenters. The summed E-state index contributed by atoms with van der Waals surface area (Å²) in [5.74, 6) is -1.08. The molecule has 0 radical (unpaired) electrons. The Labute approximate surface area is 132 Å². The summed E-state index contributed by atoms with van der Waals surface area (Å²) in [5.41, 5.74) is 0. The minimum absolute atomic E-state index is 0.0183. The summed E-state index contributed by atoms with van der Waals surface area (Å²) in [6.45, 7) is 13.5. The smallest absolute Gasteiger partial charge is 0.330 e. The second-order valence-electron chi connectivity index (χ2n) is 3.51. The molecule has 0 rings (SSSR count). The molecule has 7 nitrogen and oxygen atoms in total. The van der Waals surface area contributed by atoms with E-state index in [0.717, 1.165) is 25.4 Å². The van der Waals surface area contributed by atoms with E-state index in [-0.39, 0.29) is 19.8 Å². The Morgan fingerprint density at radius 1 is 1.05 bits per heavy atom. The van der Waals surface area contributed by atoms with Crippen molar-refractivity contribution >= 4 is 11.9 Å². The molecule has 0 aromatic carbocycles. The van der Waals surface area contributed by atoms with Gasteiger partial charge in [0, 0.05) is 25.4 Å². The van der Waals surface area contributed by atoms with Crippen molar-refractivity contribution in [1.29, 1.82) is 0 Å². The van der Waals surface area contributed by atoms with Gasteiger partial charge in [0.2, 0.25) is 0 Å². The van der Waals surface area contributed by atoms with E-state index in [9.17, 15) is 9.59 Å². The number of rotatable bonds is 8. The van der Waals surface area contributed by atoms with Crippen LogP contribution in [0.15, 0.2) is 25.3 Å². The molecule has 0 aliphatic carbocycles. The maximum atomic E-state index is 10.6. The average molecular weight is 320 g/mol. The van der Waals surface area contributed by atoms with Crippen LogP contribution in [0.25, 0.3) is 0 Å². The van der Waals surface area contributed by atoms with E-state index in [0.29, 0.717) is 0 Å². The van der Waals surface area contributed by atoms with Crippen molar-refractivity contribution in [3.63, 3.8) is 0 Å². The quantitative estimate of drug-likeness (QED) is 0.505. The minimum Gasteiger partial charge on any atom is -0.459 e. The largest absolute Gasteiger partial charge is 0.459 e. The van der Waals surface area contributed by atoms with Crippen molar-refractivity contribution in [3.05, 3.63) is 25.3 Å². The molecule has 0 amide bonds. The van der Waals surface area contributed by atoms with Crippen molar-refractivity contribution in [2.75, 3.05) is 33.0 Å². The minimum atomic E-state index is -0.540. The van der Waals surface area contributed by atoms with Crippen LogP contribution in [0, 0.1) is 0 Å². The molecule has 7 heteroatoms. The normalized spacial score (nSPS) is 9.86. The Balaban J connectivity index is -0.000000330. The standard InChI is InChI=1S/C9H12O4.C4H10O.C2H6O2/c1-4-8(10)12-6-7(3)13-9(11)5-2;1-3-5-4-2;3-1-2-4/h4-5,7H,1-2,6H2,3H3;3-4H2,1-2H3;3-4H,1-2H2. The number of ether oxygens (including phenoxy) is 3. The molecule has 0 spiro atoms. The van der Waals surface area contributed by atoms with Gasteiger partial charge in [0.1, 0.15) is 12.7 Å². The second kappa shape index (κ2) is 21.6. The Hall–Kier alpha value is -1.70. The van der Waals surface area contributed by atoms with E-state index in [4.69, 9.17) is 19.7 Å². The summed E-state index contributed by atoms with van der Waals surface area (Å²) in [5, 5.41) is 15.2. The summed E-state index contributed by atoms with van der Waals surface area (Å²) in [6, 6.07) is 0. The first-order valence-electron chi connectivity index (χ1n) is 6.84. The fraction of sp³-hybridized carbons (Fsp3) is 0.600. The molecule has 1 atom stereocenters. The van der Waals surface area contributed by atoms with Crippen molar-refractivity contribution < 1.29 is 34.0 Å². The van der Waals surface area contributed by atoms with E-state index < -0.39 is 18.0 Å². The van der Waals surface area contributed by atoms with Crippen molar-refractivity contribution in [3.8, 4) is 0 Å². The van der Waals surface area contributed by atoms with Crippen LogP contribution in [-0.2, 0) is 23.8 Å². The molecule has 0 heterocycles. The van der Waals surface area contributed by atoms with Crippen molar-refractivity contribution in [1.82, 2.24) is 0 Å². The average Bonchev–Trinajstić information content (AvgIpc) is 2.53. The molecule has 130 valence electrons. The van der Waals surface area contributed by atoms with Gasteiger partial charge in [-0.3, -0.25) is 0 Å². The van der Waals surface area contributed by atoms with Crippen LogP contribution in [0.5, 0.6) is 0 Å². The van der Waals surface area contributed by atoms with Crippen LogP contribution in [0.1, 0.15) is 20.8 Å². The second-order valence-corrected chi connectivity index (χ2v) is 3.51. The van der Waals surface area contributed by atoms with E-state index >= 15 is 0 Å². The zero-order valence-electron chi connectivity index (χ0n) is 13.6. The summed E-state index contributed by atoms with van der Waals surface area (Å²) in [4.78, 5) is 21.2. The number of carbonyl (C=O) groups is 2. The van der Waals surface area contributed by atoms with E-state index in [1.807, 2.05) is 13.8 Å². The summed E-state index contributed by atoms with van der Waals surface area (Å²) in [7, 11) is 0. The SMILES string of the molecule is C=CC(=O)OCC(C)OC(=O)C=C.CCOCC.OCCO. The highest BCUT2D eigenvalue weighted by Crippen LogP contribution is 1.94. The van der Waals surface area contributed by atoms with Gasteiger partial charge >= 0.3 is 11.9 Å². The molecule has 0 saturated heterocycles. The fourth-order valence-corrected chi connectivity index (χ4v) is 0.743. The fourth-order valence-electron chi connectivity index (χ4n) is 0.743. The molecular weight excluding hydrogens is 292 g/mol. The molecular formula is C15H28O7. The maximum Gasteiger partial charge on any atom is 0.330 e. The van der Waals surface area contributed by atoms with Crippen LogP contribution in [0.4, 0.5) is 0 Å². The number of aliphatic hydroxyl groups is 2. The highest BCUT2D eigenvalue weighted by molar-refractivity contribution is 5.82. The van der Waals surface area contributed by atoms with Gasteiger partial charge in [-0.1, -0.05) is 13.2 Å².